The molecule has 6 heteroatoms. The molecule has 2 aromatic rings. The Morgan fingerprint density at radius 2 is 1.78 bits per heavy atom. The number of nitrogens with zero attached hydrogens (tertiary/aromatic N) is 3. The van der Waals surface area contributed by atoms with Crippen LogP contribution in [0, 0.1) is 5.92 Å². The molecule has 2 heterocycles. The number of rotatable bonds is 9. The lowest BCUT2D eigenvalue weighted by Crippen LogP contribution is -2.57. The fourth-order valence-corrected chi connectivity index (χ4v) is 3.66. The molecule has 0 N–H and O–H groups in total. The van der Waals surface area contributed by atoms with Gasteiger partial charge in [-0.3, -0.25) is 4.98 Å². The van der Waals surface area contributed by atoms with Crippen molar-refractivity contribution in [3.63, 3.8) is 0 Å². The van der Waals surface area contributed by atoms with Crippen LogP contribution in [0.4, 0.5) is 11.4 Å². The van der Waals surface area contributed by atoms with Crippen LogP contribution in [-0.4, -0.2) is 37.1 Å². The summed E-state index contributed by atoms with van der Waals surface area (Å²) in [5.41, 5.74) is 2.74. The highest BCUT2D eigenvalue weighted by Gasteiger charge is 2.50. The largest absolute Gasteiger partial charge is 0.335 e. The van der Waals surface area contributed by atoms with Crippen LogP contribution in [0.25, 0.3) is 10.9 Å². The van der Waals surface area contributed by atoms with Gasteiger partial charge in [0.25, 0.3) is 0 Å². The number of pyridine rings is 1. The molecule has 1 aromatic heterocycles. The lowest BCUT2D eigenvalue weighted by atomic mass is 10.1. The van der Waals surface area contributed by atoms with Crippen LogP contribution < -0.4 is 4.65 Å². The molecule has 0 fully saturated rings. The third-order valence-electron chi connectivity index (χ3n) is 4.59. The smallest absolute Gasteiger partial charge is 0.324 e. The Balaban J connectivity index is 2.17. The van der Waals surface area contributed by atoms with E-state index in [9.17, 15) is 0 Å². The molecule has 1 aliphatic rings. The van der Waals surface area contributed by atoms with Gasteiger partial charge in [0.15, 0.2) is 5.69 Å². The molecule has 1 aromatic carbocycles. The quantitative estimate of drug-likeness (QED) is 0.462. The lowest BCUT2D eigenvalue weighted by Gasteiger charge is -2.38. The highest BCUT2D eigenvalue weighted by Crippen LogP contribution is 2.45. The number of aromatic nitrogens is 1. The van der Waals surface area contributed by atoms with Crippen molar-refractivity contribution in [1.82, 2.24) is 9.63 Å². The van der Waals surface area contributed by atoms with E-state index < -0.39 is 5.97 Å². The number of ether oxygens (including phenoxy) is 2. The van der Waals surface area contributed by atoms with Gasteiger partial charge in [0.2, 0.25) is 12.0 Å². The molecule has 3 rings (SSSR count). The summed E-state index contributed by atoms with van der Waals surface area (Å²) in [6.45, 7) is 12.0. The number of quaternary nitrogens is 1. The first kappa shape index (κ1) is 19.9. The highest BCUT2D eigenvalue weighted by atomic mass is 16.9. The Morgan fingerprint density at radius 3 is 2.41 bits per heavy atom. The summed E-state index contributed by atoms with van der Waals surface area (Å²) in [7, 11) is 0. The van der Waals surface area contributed by atoms with Crippen molar-refractivity contribution < 1.29 is 14.3 Å². The summed E-state index contributed by atoms with van der Waals surface area (Å²) >= 11 is 0. The van der Waals surface area contributed by atoms with Crippen LogP contribution in [0.5, 0.6) is 0 Å². The van der Waals surface area contributed by atoms with E-state index >= 15 is 0 Å². The number of benzene rings is 1. The van der Waals surface area contributed by atoms with Crippen LogP contribution in [0.2, 0.25) is 0 Å². The van der Waals surface area contributed by atoms with E-state index in [0.717, 1.165) is 22.3 Å². The van der Waals surface area contributed by atoms with E-state index in [0.29, 0.717) is 32.1 Å². The first-order valence-corrected chi connectivity index (χ1v) is 9.79. The monoisotopic (exact) mass is 372 g/mol. The van der Waals surface area contributed by atoms with Gasteiger partial charge in [-0.2, -0.15) is 4.99 Å². The predicted molar refractivity (Wildman–Crippen MR) is 109 cm³/mol. The summed E-state index contributed by atoms with van der Waals surface area (Å²) in [4.78, 5) is 15.9. The van der Waals surface area contributed by atoms with Gasteiger partial charge in [-0.15, -0.1) is 4.84 Å². The molecule has 146 valence electrons. The van der Waals surface area contributed by atoms with Crippen molar-refractivity contribution >= 4 is 28.6 Å². The Morgan fingerprint density at radius 1 is 1.07 bits per heavy atom. The third-order valence-corrected chi connectivity index (χ3v) is 4.59. The molecule has 1 aliphatic heterocycles. The second-order valence-electron chi connectivity index (χ2n) is 7.12. The molecule has 0 aliphatic carbocycles. The average Bonchev–Trinajstić information content (AvgIpc) is 3.00. The van der Waals surface area contributed by atoms with Gasteiger partial charge >= 0.3 is 5.97 Å². The highest BCUT2D eigenvalue weighted by molar-refractivity contribution is 6.03. The molecule has 27 heavy (non-hydrogen) atoms. The zero-order valence-corrected chi connectivity index (χ0v) is 16.9. The van der Waals surface area contributed by atoms with Crippen molar-refractivity contribution in [3.8, 4) is 0 Å². The molecule has 0 amide bonds. The molecule has 1 atom stereocenters. The molecule has 0 saturated carbocycles. The number of fused-ring (bicyclic) bond motifs is 3. The lowest BCUT2D eigenvalue weighted by molar-refractivity contribution is -0.428. The molecule has 0 saturated heterocycles. The molecule has 6 nitrogen and oxygen atoms in total. The minimum Gasteiger partial charge on any atom is -0.324 e. The van der Waals surface area contributed by atoms with E-state index in [1.54, 1.807) is 0 Å². The second kappa shape index (κ2) is 8.02. The van der Waals surface area contributed by atoms with Crippen LogP contribution >= 0.6 is 0 Å². The molecule has 0 spiro atoms. The zero-order valence-electron chi connectivity index (χ0n) is 16.9. The normalized spacial score (nSPS) is 19.2. The molecule has 0 bridgehead atoms. The molecular weight excluding hydrogens is 342 g/mol. The van der Waals surface area contributed by atoms with E-state index in [2.05, 4.69) is 29.9 Å². The van der Waals surface area contributed by atoms with Gasteiger partial charge in [0, 0.05) is 25.6 Å². The van der Waals surface area contributed by atoms with E-state index in [1.165, 1.54) is 0 Å². The van der Waals surface area contributed by atoms with Crippen molar-refractivity contribution in [2.45, 2.75) is 47.0 Å². The maximum Gasteiger partial charge on any atom is 0.335 e. The number of aliphatic imine (C=N–C) groups is 1. The molecule has 1 unspecified atom stereocenters. The number of hydrogen-bond donors (Lipinski definition) is 0. The first-order valence-electron chi connectivity index (χ1n) is 9.79. The van der Waals surface area contributed by atoms with Crippen molar-refractivity contribution in [1.29, 1.82) is 0 Å². The SMILES string of the molecule is CCOC(CC)(OCC)O[N+]1(CC(C)C)C=Nc2cnc3ccccc3c21. The minimum absolute atomic E-state index is 0.129. The number of hydrogen-bond acceptors (Lipinski definition) is 5. The number of para-hydroxylation sites is 1. The van der Waals surface area contributed by atoms with Crippen molar-refractivity contribution in [3.05, 3.63) is 30.5 Å². The van der Waals surface area contributed by atoms with E-state index in [1.807, 2.05) is 51.5 Å². The Kier molecular flexibility index (Phi) is 5.91. The van der Waals surface area contributed by atoms with Crippen molar-refractivity contribution in [2.75, 3.05) is 19.8 Å². The Hall–Kier alpha value is -1.86. The van der Waals surface area contributed by atoms with Crippen molar-refractivity contribution in [2.24, 2.45) is 10.9 Å². The third kappa shape index (κ3) is 3.75. The number of hydroxylamine groups is 2. The van der Waals surface area contributed by atoms with Gasteiger partial charge in [0.1, 0.15) is 6.54 Å². The summed E-state index contributed by atoms with van der Waals surface area (Å²) in [5.74, 6) is -0.761. The van der Waals surface area contributed by atoms with Crippen LogP contribution in [0.1, 0.15) is 41.0 Å². The molecular formula is C21H30N3O3+. The van der Waals surface area contributed by atoms with Crippen LogP contribution in [0.3, 0.4) is 0 Å². The van der Waals surface area contributed by atoms with Crippen LogP contribution in [0.15, 0.2) is 35.5 Å². The maximum absolute atomic E-state index is 6.68. The average molecular weight is 372 g/mol. The Bertz CT molecular complexity index is 815. The summed E-state index contributed by atoms with van der Waals surface area (Å²) in [6.07, 6.45) is 4.23. The minimum atomic E-state index is -1.13. The standard InChI is InChI=1S/C21H30N3O3/c1-6-21(25-7-2,26-8-3)27-24(14-16(4)5)15-23-19-13-22-18-12-10-9-11-17(18)20(19)24/h9-13,15-16H,6-8,14H2,1-5H3/q+1. The summed E-state index contributed by atoms with van der Waals surface area (Å²) in [5, 5.41) is 1.03. The first-order chi connectivity index (χ1) is 13.0. The van der Waals surface area contributed by atoms with Gasteiger partial charge in [-0.1, -0.05) is 37.6 Å². The van der Waals surface area contributed by atoms with Gasteiger partial charge in [-0.25, -0.2) is 0 Å². The summed E-state index contributed by atoms with van der Waals surface area (Å²) < 4.78 is 12.1. The maximum atomic E-state index is 6.68. The summed E-state index contributed by atoms with van der Waals surface area (Å²) in [6, 6.07) is 8.09. The van der Waals surface area contributed by atoms with Gasteiger partial charge in [0.05, 0.1) is 17.1 Å². The fourth-order valence-electron chi connectivity index (χ4n) is 3.66. The van der Waals surface area contributed by atoms with Crippen LogP contribution in [-0.2, 0) is 14.3 Å². The fraction of sp³-hybridized carbons (Fsp3) is 0.524. The Labute approximate surface area is 161 Å². The van der Waals surface area contributed by atoms with Gasteiger partial charge in [-0.05, 0) is 26.0 Å². The van der Waals surface area contributed by atoms with E-state index in [4.69, 9.17) is 14.3 Å². The topological polar surface area (TPSA) is 52.9 Å². The zero-order chi connectivity index (χ0) is 19.5. The van der Waals surface area contributed by atoms with E-state index in [-0.39, 0.29) is 4.65 Å². The van der Waals surface area contributed by atoms with Gasteiger partial charge < -0.3 is 9.47 Å². The molecule has 0 radical (unpaired) electrons. The second-order valence-corrected chi connectivity index (χ2v) is 7.12. The predicted octanol–water partition coefficient (Wildman–Crippen LogP) is 4.94.